The van der Waals surface area contributed by atoms with Crippen LogP contribution in [0.25, 0.3) is 0 Å². The fourth-order valence-corrected chi connectivity index (χ4v) is 4.51. The summed E-state index contributed by atoms with van der Waals surface area (Å²) in [6.45, 7) is 0. The van der Waals surface area contributed by atoms with Crippen LogP contribution in [0, 0.1) is 0 Å². The second-order valence-electron chi connectivity index (χ2n) is 6.51. The molecular formula is C24H23BrO4S. The summed E-state index contributed by atoms with van der Waals surface area (Å²) in [6, 6.07) is 21.3. The molecule has 3 aromatic rings. The molecule has 0 aliphatic heterocycles. The van der Waals surface area contributed by atoms with E-state index in [0.29, 0.717) is 29.2 Å². The Labute approximate surface area is 189 Å². The van der Waals surface area contributed by atoms with Gasteiger partial charge in [0.2, 0.25) is 5.75 Å². The molecule has 0 saturated carbocycles. The van der Waals surface area contributed by atoms with Gasteiger partial charge in [0.25, 0.3) is 0 Å². The second kappa shape index (κ2) is 10.5. The molecule has 0 radical (unpaired) electrons. The summed E-state index contributed by atoms with van der Waals surface area (Å²) in [6.07, 6.45) is 0.333. The Kier molecular flexibility index (Phi) is 7.82. The highest BCUT2D eigenvalue weighted by Gasteiger charge is 2.23. The molecule has 0 N–H and O–H groups in total. The highest BCUT2D eigenvalue weighted by Crippen LogP contribution is 2.45. The lowest BCUT2D eigenvalue weighted by molar-refractivity contribution is 0.0982. The van der Waals surface area contributed by atoms with Gasteiger partial charge in [-0.1, -0.05) is 46.3 Å². The van der Waals surface area contributed by atoms with Gasteiger partial charge in [-0.25, -0.2) is 0 Å². The first kappa shape index (κ1) is 22.2. The van der Waals surface area contributed by atoms with Crippen LogP contribution in [0.1, 0.15) is 27.6 Å². The quantitative estimate of drug-likeness (QED) is 0.252. The number of Topliss-reactive ketones (excluding diaryl/α,β-unsaturated/α-hetero) is 1. The van der Waals surface area contributed by atoms with E-state index in [2.05, 4.69) is 15.9 Å². The molecular weight excluding hydrogens is 464 g/mol. The number of benzene rings is 3. The maximum absolute atomic E-state index is 13.0. The Morgan fingerprint density at radius 1 is 0.900 bits per heavy atom. The number of rotatable bonds is 9. The molecule has 0 amide bonds. The number of halogens is 1. The van der Waals surface area contributed by atoms with Crippen LogP contribution in [-0.4, -0.2) is 27.1 Å². The van der Waals surface area contributed by atoms with Crippen LogP contribution < -0.4 is 14.2 Å². The molecule has 0 saturated heterocycles. The van der Waals surface area contributed by atoms with Crippen LogP contribution in [0.5, 0.6) is 17.2 Å². The normalized spacial score (nSPS) is 11.6. The predicted octanol–water partition coefficient (Wildman–Crippen LogP) is 6.58. The number of hydrogen-bond acceptors (Lipinski definition) is 5. The van der Waals surface area contributed by atoms with E-state index in [1.807, 2.05) is 66.7 Å². The summed E-state index contributed by atoms with van der Waals surface area (Å²) in [4.78, 5) is 14.1. The van der Waals surface area contributed by atoms with Gasteiger partial charge in [0, 0.05) is 26.6 Å². The number of thioether (sulfide) groups is 1. The van der Waals surface area contributed by atoms with Crippen molar-refractivity contribution in [2.24, 2.45) is 0 Å². The van der Waals surface area contributed by atoms with Gasteiger partial charge >= 0.3 is 0 Å². The van der Waals surface area contributed by atoms with Crippen LogP contribution >= 0.6 is 27.7 Å². The van der Waals surface area contributed by atoms with Crippen molar-refractivity contribution in [3.05, 3.63) is 82.3 Å². The van der Waals surface area contributed by atoms with E-state index < -0.39 is 0 Å². The van der Waals surface area contributed by atoms with Crippen LogP contribution in [0.3, 0.4) is 0 Å². The SMILES string of the molecule is COc1cc(C(CC(=O)c2ccc(Br)cc2)Sc2ccccc2)cc(OC)c1OC. The molecule has 3 aromatic carbocycles. The third-order valence-electron chi connectivity index (χ3n) is 4.62. The molecule has 4 nitrogen and oxygen atoms in total. The van der Waals surface area contributed by atoms with Crippen molar-refractivity contribution < 1.29 is 19.0 Å². The largest absolute Gasteiger partial charge is 0.493 e. The Morgan fingerprint density at radius 3 is 2.03 bits per heavy atom. The first-order valence-corrected chi connectivity index (χ1v) is 11.0. The molecule has 156 valence electrons. The molecule has 0 spiro atoms. The van der Waals surface area contributed by atoms with E-state index in [9.17, 15) is 4.79 Å². The van der Waals surface area contributed by atoms with Gasteiger partial charge in [0.1, 0.15) is 0 Å². The van der Waals surface area contributed by atoms with E-state index >= 15 is 0 Å². The third kappa shape index (κ3) is 5.37. The zero-order valence-corrected chi connectivity index (χ0v) is 19.5. The van der Waals surface area contributed by atoms with E-state index in [-0.39, 0.29) is 11.0 Å². The van der Waals surface area contributed by atoms with E-state index in [1.54, 1.807) is 33.1 Å². The summed E-state index contributed by atoms with van der Waals surface area (Å²) < 4.78 is 17.4. The number of carbonyl (C=O) groups excluding carboxylic acids is 1. The first-order chi connectivity index (χ1) is 14.5. The second-order valence-corrected chi connectivity index (χ2v) is 8.70. The summed E-state index contributed by atoms with van der Waals surface area (Å²) in [5.41, 5.74) is 1.62. The maximum Gasteiger partial charge on any atom is 0.203 e. The van der Waals surface area contributed by atoms with Gasteiger partial charge in [-0.2, -0.15) is 0 Å². The maximum atomic E-state index is 13.0. The number of carbonyl (C=O) groups is 1. The highest BCUT2D eigenvalue weighted by molar-refractivity contribution is 9.10. The average Bonchev–Trinajstić information content (AvgIpc) is 2.78. The Balaban J connectivity index is 1.98. The zero-order valence-electron chi connectivity index (χ0n) is 17.1. The molecule has 0 heterocycles. The first-order valence-electron chi connectivity index (χ1n) is 9.36. The third-order valence-corrected chi connectivity index (χ3v) is 6.41. The lowest BCUT2D eigenvalue weighted by Crippen LogP contribution is -2.06. The summed E-state index contributed by atoms with van der Waals surface area (Å²) in [5, 5.41) is -0.128. The Morgan fingerprint density at radius 2 is 1.50 bits per heavy atom. The number of methoxy groups -OCH3 is 3. The van der Waals surface area contributed by atoms with Crippen LogP contribution in [-0.2, 0) is 0 Å². The van der Waals surface area contributed by atoms with Gasteiger partial charge in [-0.15, -0.1) is 11.8 Å². The van der Waals surface area contributed by atoms with Crippen molar-refractivity contribution in [2.45, 2.75) is 16.6 Å². The summed E-state index contributed by atoms with van der Waals surface area (Å²) in [7, 11) is 4.76. The topological polar surface area (TPSA) is 44.8 Å². The highest BCUT2D eigenvalue weighted by atomic mass is 79.9. The number of ketones is 1. The average molecular weight is 487 g/mol. The molecule has 0 bridgehead atoms. The minimum atomic E-state index is -0.128. The fourth-order valence-electron chi connectivity index (χ4n) is 3.10. The van der Waals surface area contributed by atoms with E-state index in [0.717, 1.165) is 14.9 Å². The van der Waals surface area contributed by atoms with Crippen molar-refractivity contribution in [3.8, 4) is 17.2 Å². The van der Waals surface area contributed by atoms with Crippen LogP contribution in [0.15, 0.2) is 76.1 Å². The predicted molar refractivity (Wildman–Crippen MR) is 124 cm³/mol. The van der Waals surface area contributed by atoms with Gasteiger partial charge in [0.15, 0.2) is 17.3 Å². The molecule has 0 aliphatic carbocycles. The molecule has 3 rings (SSSR count). The van der Waals surface area contributed by atoms with Crippen molar-refractivity contribution in [3.63, 3.8) is 0 Å². The minimum absolute atomic E-state index is 0.0738. The molecule has 1 atom stereocenters. The Hall–Kier alpha value is -2.44. The minimum Gasteiger partial charge on any atom is -0.493 e. The molecule has 0 fully saturated rings. The van der Waals surface area contributed by atoms with E-state index in [4.69, 9.17) is 14.2 Å². The van der Waals surface area contributed by atoms with E-state index in [1.165, 1.54) is 0 Å². The van der Waals surface area contributed by atoms with Gasteiger partial charge in [-0.3, -0.25) is 4.79 Å². The van der Waals surface area contributed by atoms with Gasteiger partial charge in [0.05, 0.1) is 21.3 Å². The summed E-state index contributed by atoms with van der Waals surface area (Å²) in [5.74, 6) is 1.75. The molecule has 6 heteroatoms. The molecule has 1 unspecified atom stereocenters. The lowest BCUT2D eigenvalue weighted by atomic mass is 10.0. The zero-order chi connectivity index (χ0) is 21.5. The smallest absolute Gasteiger partial charge is 0.203 e. The monoisotopic (exact) mass is 486 g/mol. The fraction of sp³-hybridized carbons (Fsp3) is 0.208. The summed E-state index contributed by atoms with van der Waals surface area (Å²) >= 11 is 5.05. The molecule has 30 heavy (non-hydrogen) atoms. The molecule has 0 aromatic heterocycles. The molecule has 0 aliphatic rings. The lowest BCUT2D eigenvalue weighted by Gasteiger charge is -2.20. The Bertz CT molecular complexity index is 965. The van der Waals surface area contributed by atoms with Gasteiger partial charge in [-0.05, 0) is 42.0 Å². The standard InChI is InChI=1S/C24H23BrO4S/c1-27-21-13-17(14-22(28-2)24(21)29-3)23(30-19-7-5-4-6-8-19)15-20(26)16-9-11-18(25)12-10-16/h4-14,23H,15H2,1-3H3. The van der Waals surface area contributed by atoms with Crippen molar-refractivity contribution in [2.75, 3.05) is 21.3 Å². The van der Waals surface area contributed by atoms with Crippen molar-refractivity contribution in [1.29, 1.82) is 0 Å². The van der Waals surface area contributed by atoms with Gasteiger partial charge < -0.3 is 14.2 Å². The van der Waals surface area contributed by atoms with Crippen molar-refractivity contribution >= 4 is 33.5 Å². The number of ether oxygens (including phenoxy) is 3. The van der Waals surface area contributed by atoms with Crippen molar-refractivity contribution in [1.82, 2.24) is 0 Å². The van der Waals surface area contributed by atoms with Crippen LogP contribution in [0.2, 0.25) is 0 Å². The number of hydrogen-bond donors (Lipinski definition) is 0. The van der Waals surface area contributed by atoms with Crippen LogP contribution in [0.4, 0.5) is 0 Å².